The normalized spacial score (nSPS) is 11.0. The van der Waals surface area contributed by atoms with Crippen LogP contribution in [0.2, 0.25) is 0 Å². The summed E-state index contributed by atoms with van der Waals surface area (Å²) in [7, 11) is 2.04. The van der Waals surface area contributed by atoms with E-state index >= 15 is 0 Å². The molecule has 4 heteroatoms. The van der Waals surface area contributed by atoms with Gasteiger partial charge in [0.2, 0.25) is 0 Å². The first kappa shape index (κ1) is 14.6. The zero-order valence-electron chi connectivity index (χ0n) is 13.3. The predicted octanol–water partition coefficient (Wildman–Crippen LogP) is 4.12. The maximum Gasteiger partial charge on any atom is 0.148 e. The highest BCUT2D eigenvalue weighted by Crippen LogP contribution is 2.30. The van der Waals surface area contributed by atoms with Crippen molar-refractivity contribution in [1.29, 1.82) is 0 Å². The molecule has 0 unspecified atom stereocenters. The Morgan fingerprint density at radius 3 is 2.91 bits per heavy atom. The molecule has 0 bridgehead atoms. The van der Waals surface area contributed by atoms with E-state index in [4.69, 9.17) is 9.72 Å². The number of aryl methyl sites for hydroxylation is 2. The third-order valence-corrected chi connectivity index (χ3v) is 3.82. The standard InChI is InChI=1S/C18H21N3O/c1-4-5-10-22-17-12-19-9-8-14(17)18-20-15-11-13(2)6-7-16(15)21(18)3/h6-9,11-12H,4-5,10H2,1-3H3. The Hall–Kier alpha value is -2.36. The summed E-state index contributed by atoms with van der Waals surface area (Å²) in [5, 5.41) is 0. The number of nitrogens with zero attached hydrogens (tertiary/aromatic N) is 3. The van der Waals surface area contributed by atoms with Crippen molar-refractivity contribution in [3.05, 3.63) is 42.2 Å². The Balaban J connectivity index is 2.05. The highest BCUT2D eigenvalue weighted by Gasteiger charge is 2.14. The van der Waals surface area contributed by atoms with Crippen LogP contribution in [0.5, 0.6) is 5.75 Å². The molecule has 0 saturated heterocycles. The Morgan fingerprint density at radius 1 is 1.23 bits per heavy atom. The minimum Gasteiger partial charge on any atom is -0.491 e. The first-order valence-corrected chi connectivity index (χ1v) is 7.71. The third kappa shape index (κ3) is 2.69. The summed E-state index contributed by atoms with van der Waals surface area (Å²) in [6.07, 6.45) is 5.71. The number of benzene rings is 1. The van der Waals surface area contributed by atoms with Gasteiger partial charge in [0, 0.05) is 13.2 Å². The van der Waals surface area contributed by atoms with Crippen molar-refractivity contribution in [1.82, 2.24) is 14.5 Å². The van der Waals surface area contributed by atoms with E-state index in [9.17, 15) is 0 Å². The highest BCUT2D eigenvalue weighted by molar-refractivity contribution is 5.82. The van der Waals surface area contributed by atoms with Gasteiger partial charge in [-0.05, 0) is 37.1 Å². The molecule has 4 nitrogen and oxygen atoms in total. The smallest absolute Gasteiger partial charge is 0.148 e. The van der Waals surface area contributed by atoms with Gasteiger partial charge in [0.1, 0.15) is 11.6 Å². The van der Waals surface area contributed by atoms with Crippen LogP contribution in [0.15, 0.2) is 36.7 Å². The first-order valence-electron chi connectivity index (χ1n) is 7.71. The fourth-order valence-electron chi connectivity index (χ4n) is 2.56. The molecule has 0 amide bonds. The van der Waals surface area contributed by atoms with Crippen LogP contribution in [0.4, 0.5) is 0 Å². The van der Waals surface area contributed by atoms with E-state index in [2.05, 4.69) is 41.6 Å². The van der Waals surface area contributed by atoms with Gasteiger partial charge in [0.05, 0.1) is 29.4 Å². The van der Waals surface area contributed by atoms with E-state index in [1.54, 1.807) is 12.4 Å². The van der Waals surface area contributed by atoms with E-state index in [1.165, 1.54) is 5.56 Å². The summed E-state index contributed by atoms with van der Waals surface area (Å²) in [4.78, 5) is 8.97. The molecule has 0 aliphatic carbocycles. The van der Waals surface area contributed by atoms with E-state index in [1.807, 2.05) is 13.1 Å². The Kier molecular flexibility index (Phi) is 4.09. The van der Waals surface area contributed by atoms with Crippen LogP contribution in [0, 0.1) is 6.92 Å². The van der Waals surface area contributed by atoms with Crippen LogP contribution in [-0.4, -0.2) is 21.1 Å². The lowest BCUT2D eigenvalue weighted by Crippen LogP contribution is -2.01. The van der Waals surface area contributed by atoms with Crippen LogP contribution in [0.3, 0.4) is 0 Å². The largest absolute Gasteiger partial charge is 0.491 e. The second-order valence-corrected chi connectivity index (χ2v) is 5.56. The van der Waals surface area contributed by atoms with Crippen molar-refractivity contribution in [2.24, 2.45) is 7.05 Å². The molecule has 3 rings (SSSR count). The molecule has 0 radical (unpaired) electrons. The van der Waals surface area contributed by atoms with E-state index in [0.29, 0.717) is 6.61 Å². The van der Waals surface area contributed by atoms with Gasteiger partial charge in [-0.1, -0.05) is 19.4 Å². The number of hydrogen-bond donors (Lipinski definition) is 0. The summed E-state index contributed by atoms with van der Waals surface area (Å²) in [5.41, 5.74) is 4.33. The molecule has 0 N–H and O–H groups in total. The Labute approximate surface area is 130 Å². The third-order valence-electron chi connectivity index (χ3n) is 3.82. The molecule has 0 fully saturated rings. The van der Waals surface area contributed by atoms with Crippen molar-refractivity contribution < 1.29 is 4.74 Å². The van der Waals surface area contributed by atoms with Crippen LogP contribution in [0.1, 0.15) is 25.3 Å². The molecule has 0 saturated carbocycles. The number of unbranched alkanes of at least 4 members (excludes halogenated alkanes) is 1. The lowest BCUT2D eigenvalue weighted by atomic mass is 10.2. The average molecular weight is 295 g/mol. The van der Waals surface area contributed by atoms with Gasteiger partial charge in [0.15, 0.2) is 0 Å². The van der Waals surface area contributed by atoms with E-state index in [0.717, 1.165) is 41.0 Å². The molecular formula is C18H21N3O. The molecule has 3 aromatic rings. The number of imidazole rings is 1. The fourth-order valence-corrected chi connectivity index (χ4v) is 2.56. The van der Waals surface area contributed by atoms with Crippen molar-refractivity contribution in [2.45, 2.75) is 26.7 Å². The summed E-state index contributed by atoms with van der Waals surface area (Å²) in [6, 6.07) is 8.30. The van der Waals surface area contributed by atoms with E-state index < -0.39 is 0 Å². The van der Waals surface area contributed by atoms with Gasteiger partial charge in [-0.15, -0.1) is 0 Å². The molecule has 1 aromatic carbocycles. The molecule has 22 heavy (non-hydrogen) atoms. The fraction of sp³-hybridized carbons (Fsp3) is 0.333. The first-order chi connectivity index (χ1) is 10.7. The number of aromatic nitrogens is 3. The van der Waals surface area contributed by atoms with Gasteiger partial charge in [-0.25, -0.2) is 4.98 Å². The highest BCUT2D eigenvalue weighted by atomic mass is 16.5. The second kappa shape index (κ2) is 6.18. The number of ether oxygens (including phenoxy) is 1. The number of hydrogen-bond acceptors (Lipinski definition) is 3. The number of fused-ring (bicyclic) bond motifs is 1. The zero-order valence-corrected chi connectivity index (χ0v) is 13.3. The summed E-state index contributed by atoms with van der Waals surface area (Å²) < 4.78 is 8.00. The van der Waals surface area contributed by atoms with Crippen molar-refractivity contribution in [3.63, 3.8) is 0 Å². The molecule has 114 valence electrons. The Bertz CT molecular complexity index is 792. The molecule has 2 heterocycles. The van der Waals surface area contributed by atoms with Crippen LogP contribution in [-0.2, 0) is 7.05 Å². The minimum atomic E-state index is 0.707. The summed E-state index contributed by atoms with van der Waals surface area (Å²) >= 11 is 0. The molecule has 2 aromatic heterocycles. The van der Waals surface area contributed by atoms with Crippen LogP contribution >= 0.6 is 0 Å². The van der Waals surface area contributed by atoms with Crippen LogP contribution < -0.4 is 4.74 Å². The molecule has 0 aliphatic heterocycles. The van der Waals surface area contributed by atoms with Gasteiger partial charge in [-0.2, -0.15) is 0 Å². The quantitative estimate of drug-likeness (QED) is 0.665. The van der Waals surface area contributed by atoms with Crippen molar-refractivity contribution >= 4 is 11.0 Å². The number of pyridine rings is 1. The van der Waals surface area contributed by atoms with Gasteiger partial charge in [0.25, 0.3) is 0 Å². The molecule has 0 spiro atoms. The van der Waals surface area contributed by atoms with Crippen LogP contribution in [0.25, 0.3) is 22.4 Å². The van der Waals surface area contributed by atoms with Gasteiger partial charge in [-0.3, -0.25) is 4.98 Å². The monoisotopic (exact) mass is 295 g/mol. The van der Waals surface area contributed by atoms with Crippen molar-refractivity contribution in [3.8, 4) is 17.1 Å². The molecule has 0 atom stereocenters. The van der Waals surface area contributed by atoms with Gasteiger partial charge < -0.3 is 9.30 Å². The SMILES string of the molecule is CCCCOc1cnccc1-c1nc2cc(C)ccc2n1C. The lowest BCUT2D eigenvalue weighted by Gasteiger charge is -2.10. The maximum atomic E-state index is 5.89. The number of rotatable bonds is 5. The lowest BCUT2D eigenvalue weighted by molar-refractivity contribution is 0.309. The summed E-state index contributed by atoms with van der Waals surface area (Å²) in [5.74, 6) is 1.71. The Morgan fingerprint density at radius 2 is 2.09 bits per heavy atom. The summed E-state index contributed by atoms with van der Waals surface area (Å²) in [6.45, 7) is 4.94. The predicted molar refractivity (Wildman–Crippen MR) is 89.1 cm³/mol. The van der Waals surface area contributed by atoms with E-state index in [-0.39, 0.29) is 0 Å². The second-order valence-electron chi connectivity index (χ2n) is 5.56. The van der Waals surface area contributed by atoms with Gasteiger partial charge >= 0.3 is 0 Å². The molecular weight excluding hydrogens is 274 g/mol. The topological polar surface area (TPSA) is 39.9 Å². The molecule has 0 aliphatic rings. The zero-order chi connectivity index (χ0) is 15.5. The average Bonchev–Trinajstić information content (AvgIpc) is 2.84. The minimum absolute atomic E-state index is 0.707. The van der Waals surface area contributed by atoms with Crippen molar-refractivity contribution in [2.75, 3.05) is 6.61 Å². The maximum absolute atomic E-state index is 5.89.